The Morgan fingerprint density at radius 1 is 0.458 bits per heavy atom. The lowest BCUT2D eigenvalue weighted by Crippen LogP contribution is -2.16. The summed E-state index contributed by atoms with van der Waals surface area (Å²) in [4.78, 5) is 2.26. The fourth-order valence-electron chi connectivity index (χ4n) is 6.99. The minimum absolute atomic E-state index is 0.220. The van der Waals surface area contributed by atoms with Crippen molar-refractivity contribution in [1.82, 2.24) is 0 Å². The summed E-state index contributed by atoms with van der Waals surface area (Å²) >= 11 is 0. The molecular formula is C44H29N3O. The summed E-state index contributed by atoms with van der Waals surface area (Å²) in [6, 6.07) is 52.8. The van der Waals surface area contributed by atoms with Gasteiger partial charge in [0.1, 0.15) is 11.2 Å². The Labute approximate surface area is 277 Å². The summed E-state index contributed by atoms with van der Waals surface area (Å²) in [6.45, 7) is 0. The average Bonchev–Trinajstić information content (AvgIpc) is 3.51. The molecule has 7 aromatic carbocycles. The molecule has 0 saturated heterocycles. The van der Waals surface area contributed by atoms with E-state index >= 15 is 0 Å². The molecule has 4 nitrogen and oxygen atoms in total. The molecule has 0 atom stereocenters. The lowest BCUT2D eigenvalue weighted by Gasteiger charge is -2.27. The van der Waals surface area contributed by atoms with E-state index in [2.05, 4.69) is 126 Å². The van der Waals surface area contributed by atoms with Gasteiger partial charge in [0.15, 0.2) is 0 Å². The summed E-state index contributed by atoms with van der Waals surface area (Å²) in [5.41, 5.74) is 11.4. The Morgan fingerprint density at radius 2 is 1.12 bits per heavy atom. The van der Waals surface area contributed by atoms with Crippen molar-refractivity contribution < 1.29 is 4.42 Å². The van der Waals surface area contributed by atoms with Crippen LogP contribution in [0.3, 0.4) is 0 Å². The van der Waals surface area contributed by atoms with Gasteiger partial charge in [0.2, 0.25) is 0 Å². The van der Waals surface area contributed by atoms with E-state index in [-0.39, 0.29) is 11.4 Å². The maximum atomic E-state index is 8.82. The zero-order valence-corrected chi connectivity index (χ0v) is 25.9. The third kappa shape index (κ3) is 4.54. The third-order valence-electron chi connectivity index (χ3n) is 9.29. The monoisotopic (exact) mass is 615 g/mol. The molecular weight excluding hydrogens is 587 g/mol. The standard InChI is InChI=1S/C44H29N3O/c45-40-24-20-30-18-17-29-19-21-33(26-39(29)43(30)44(40)46)47(34-22-23-38-37-15-6-7-16-41(37)48-42(38)27-34)32-12-8-11-31(25-32)36-14-5-4-13-35(36)28-9-2-1-3-10-28/h1-27,45-46H. The van der Waals surface area contributed by atoms with Gasteiger partial charge in [-0.1, -0.05) is 109 Å². The molecule has 0 aliphatic heterocycles. The summed E-state index contributed by atoms with van der Waals surface area (Å²) in [7, 11) is 0. The minimum Gasteiger partial charge on any atom is -0.456 e. The molecule has 1 aromatic heterocycles. The summed E-state index contributed by atoms with van der Waals surface area (Å²) in [5, 5.41) is 21.4. The van der Waals surface area contributed by atoms with Crippen molar-refractivity contribution >= 4 is 67.3 Å². The number of furan rings is 1. The number of benzene rings is 7. The van der Waals surface area contributed by atoms with E-state index in [1.165, 1.54) is 11.1 Å². The van der Waals surface area contributed by atoms with Crippen LogP contribution in [-0.2, 0) is 0 Å². The molecule has 4 heteroatoms. The van der Waals surface area contributed by atoms with Gasteiger partial charge in [-0.15, -0.1) is 0 Å². The van der Waals surface area contributed by atoms with Crippen LogP contribution in [-0.4, -0.2) is 11.4 Å². The molecule has 226 valence electrons. The van der Waals surface area contributed by atoms with Crippen LogP contribution in [0, 0.1) is 10.8 Å². The molecule has 0 amide bonds. The third-order valence-corrected chi connectivity index (χ3v) is 9.29. The van der Waals surface area contributed by atoms with E-state index in [4.69, 9.17) is 15.2 Å². The Balaban J connectivity index is 1.26. The van der Waals surface area contributed by atoms with Crippen LogP contribution in [0.25, 0.3) is 61.0 Å². The number of rotatable bonds is 5. The molecule has 0 bridgehead atoms. The number of hydrogen-bond donors (Lipinski definition) is 2. The van der Waals surface area contributed by atoms with E-state index in [1.807, 2.05) is 36.4 Å². The number of hydrogen-bond acceptors (Lipinski definition) is 4. The highest BCUT2D eigenvalue weighted by Crippen LogP contribution is 2.42. The zero-order valence-electron chi connectivity index (χ0n) is 25.9. The van der Waals surface area contributed by atoms with E-state index in [1.54, 1.807) is 6.08 Å². The van der Waals surface area contributed by atoms with E-state index < -0.39 is 0 Å². The molecule has 0 radical (unpaired) electrons. The number of anilines is 3. The molecule has 1 heterocycles. The normalized spacial score (nSPS) is 12.6. The number of para-hydroxylation sites is 1. The molecule has 0 saturated carbocycles. The van der Waals surface area contributed by atoms with Gasteiger partial charge in [0.25, 0.3) is 0 Å². The maximum absolute atomic E-state index is 8.82. The van der Waals surface area contributed by atoms with Crippen molar-refractivity contribution in [1.29, 1.82) is 10.8 Å². The van der Waals surface area contributed by atoms with Gasteiger partial charge in [-0.3, -0.25) is 10.8 Å². The Bertz CT molecular complexity index is 2610. The van der Waals surface area contributed by atoms with Crippen LogP contribution in [0.5, 0.6) is 0 Å². The van der Waals surface area contributed by atoms with Crippen molar-refractivity contribution in [3.8, 4) is 22.3 Å². The molecule has 48 heavy (non-hydrogen) atoms. The number of nitrogens with one attached hydrogen (secondary N) is 2. The first kappa shape index (κ1) is 27.8. The van der Waals surface area contributed by atoms with Crippen LogP contribution < -0.4 is 4.90 Å². The van der Waals surface area contributed by atoms with Crippen LogP contribution in [0.15, 0.2) is 162 Å². The second-order valence-corrected chi connectivity index (χ2v) is 12.1. The van der Waals surface area contributed by atoms with Gasteiger partial charge < -0.3 is 9.32 Å². The highest BCUT2D eigenvalue weighted by Gasteiger charge is 2.21. The molecule has 1 aliphatic rings. The van der Waals surface area contributed by atoms with Gasteiger partial charge in [-0.05, 0) is 87.1 Å². The lowest BCUT2D eigenvalue weighted by atomic mass is 9.89. The molecule has 9 rings (SSSR count). The van der Waals surface area contributed by atoms with Crippen molar-refractivity contribution in [3.05, 3.63) is 169 Å². The van der Waals surface area contributed by atoms with Crippen LogP contribution in [0.1, 0.15) is 11.1 Å². The number of allylic oxidation sites excluding steroid dienone is 1. The fourth-order valence-corrected chi connectivity index (χ4v) is 6.99. The quantitative estimate of drug-likeness (QED) is 0.202. The zero-order chi connectivity index (χ0) is 32.2. The van der Waals surface area contributed by atoms with E-state index in [0.29, 0.717) is 0 Å². The van der Waals surface area contributed by atoms with Gasteiger partial charge in [0, 0.05) is 39.5 Å². The SMILES string of the molecule is N=C1C=Cc2ccc3ccc(N(c4cccc(-c5ccccc5-c5ccccc5)c4)c4ccc5c(c4)oc4ccccc45)cc3c2C1=N. The predicted molar refractivity (Wildman–Crippen MR) is 200 cm³/mol. The Hall–Kier alpha value is -6.52. The van der Waals surface area contributed by atoms with Crippen LogP contribution >= 0.6 is 0 Å². The first-order chi connectivity index (χ1) is 23.6. The molecule has 0 fully saturated rings. The van der Waals surface area contributed by atoms with Crippen molar-refractivity contribution in [2.45, 2.75) is 0 Å². The Morgan fingerprint density at radius 3 is 2.00 bits per heavy atom. The fraction of sp³-hybridized carbons (Fsp3) is 0. The summed E-state index contributed by atoms with van der Waals surface area (Å²) in [6.07, 6.45) is 3.64. The second kappa shape index (κ2) is 11.1. The van der Waals surface area contributed by atoms with Crippen molar-refractivity contribution in [2.24, 2.45) is 0 Å². The van der Waals surface area contributed by atoms with Crippen molar-refractivity contribution in [2.75, 3.05) is 4.90 Å². The highest BCUT2D eigenvalue weighted by atomic mass is 16.3. The summed E-state index contributed by atoms with van der Waals surface area (Å²) in [5.74, 6) is 0. The number of fused-ring (bicyclic) bond motifs is 6. The van der Waals surface area contributed by atoms with Crippen LogP contribution in [0.4, 0.5) is 17.1 Å². The smallest absolute Gasteiger partial charge is 0.137 e. The highest BCUT2D eigenvalue weighted by molar-refractivity contribution is 6.53. The predicted octanol–water partition coefficient (Wildman–Crippen LogP) is 12.0. The Kier molecular flexibility index (Phi) is 6.41. The average molecular weight is 616 g/mol. The molecule has 2 N–H and O–H groups in total. The van der Waals surface area contributed by atoms with Crippen LogP contribution in [0.2, 0.25) is 0 Å². The lowest BCUT2D eigenvalue weighted by molar-refractivity contribution is 0.669. The van der Waals surface area contributed by atoms with E-state index in [9.17, 15) is 0 Å². The molecule has 1 aliphatic carbocycles. The summed E-state index contributed by atoms with van der Waals surface area (Å²) < 4.78 is 6.36. The minimum atomic E-state index is 0.220. The second-order valence-electron chi connectivity index (χ2n) is 12.1. The number of nitrogens with zero attached hydrogens (tertiary/aromatic N) is 1. The first-order valence-electron chi connectivity index (χ1n) is 16.0. The molecule has 0 spiro atoms. The maximum Gasteiger partial charge on any atom is 0.137 e. The van der Waals surface area contributed by atoms with Gasteiger partial charge in [-0.2, -0.15) is 0 Å². The first-order valence-corrected chi connectivity index (χ1v) is 16.0. The largest absolute Gasteiger partial charge is 0.456 e. The molecule has 0 unspecified atom stereocenters. The van der Waals surface area contributed by atoms with E-state index in [0.717, 1.165) is 72.0 Å². The van der Waals surface area contributed by atoms with Gasteiger partial charge in [0.05, 0.1) is 11.4 Å². The van der Waals surface area contributed by atoms with Crippen molar-refractivity contribution in [3.63, 3.8) is 0 Å². The molecule has 8 aromatic rings. The topological polar surface area (TPSA) is 64.1 Å². The van der Waals surface area contributed by atoms with Gasteiger partial charge >= 0.3 is 0 Å². The van der Waals surface area contributed by atoms with Gasteiger partial charge in [-0.25, -0.2) is 0 Å².